The van der Waals surface area contributed by atoms with Crippen molar-refractivity contribution in [2.45, 2.75) is 48.5 Å². The first-order valence-corrected chi connectivity index (χ1v) is 9.33. The third kappa shape index (κ3) is 4.05. The van der Waals surface area contributed by atoms with E-state index in [4.69, 9.17) is 0 Å². The minimum atomic E-state index is -7.32. The predicted octanol–water partition coefficient (Wildman–Crippen LogP) is 5.61. The van der Waals surface area contributed by atoms with Crippen LogP contribution in [0.15, 0.2) is 42.2 Å². The first-order valence-electron chi connectivity index (χ1n) is 7.93. The number of halogens is 9. The van der Waals surface area contributed by atoms with Gasteiger partial charge in [-0.05, 0) is 30.4 Å². The zero-order chi connectivity index (χ0) is 22.3. The van der Waals surface area contributed by atoms with Crippen molar-refractivity contribution in [2.75, 3.05) is 0 Å². The van der Waals surface area contributed by atoms with Crippen LogP contribution in [-0.4, -0.2) is 31.7 Å². The average molecular weight is 456 g/mol. The van der Waals surface area contributed by atoms with Crippen LogP contribution in [0.2, 0.25) is 0 Å². The monoisotopic (exact) mass is 456 g/mol. The molecule has 0 fully saturated rings. The molecule has 0 bridgehead atoms. The van der Waals surface area contributed by atoms with E-state index in [1.165, 1.54) is 0 Å². The molecular formula is C16H13F9O3S. The largest absolute Gasteiger partial charge is 0.460 e. The molecule has 0 aliphatic heterocycles. The van der Waals surface area contributed by atoms with Gasteiger partial charge in [-0.3, -0.25) is 0 Å². The van der Waals surface area contributed by atoms with Gasteiger partial charge in [0.1, 0.15) is 5.76 Å². The highest BCUT2D eigenvalue weighted by atomic mass is 32.2. The molecule has 0 N–H and O–H groups in total. The smallest absolute Gasteiger partial charge is 0.383 e. The molecule has 0 heterocycles. The van der Waals surface area contributed by atoms with E-state index >= 15 is 0 Å². The molecule has 0 saturated carbocycles. The van der Waals surface area contributed by atoms with Crippen molar-refractivity contribution in [1.82, 2.24) is 0 Å². The lowest BCUT2D eigenvalue weighted by atomic mass is 9.87. The normalized spacial score (nSPS) is 19.6. The van der Waals surface area contributed by atoms with Gasteiger partial charge in [-0.2, -0.15) is 47.9 Å². The molecule has 0 amide bonds. The van der Waals surface area contributed by atoms with Crippen LogP contribution in [0, 0.1) is 0 Å². The van der Waals surface area contributed by atoms with Gasteiger partial charge in [-0.15, -0.1) is 0 Å². The van der Waals surface area contributed by atoms with E-state index in [9.17, 15) is 47.9 Å². The summed E-state index contributed by atoms with van der Waals surface area (Å²) in [5.74, 6) is -15.6. The SMILES string of the molecule is O=S(=O)(OC1=CCC(c2ccccc2)CC1)C(F)(F)C(F)(F)C(F)(F)C(F)(F)F. The van der Waals surface area contributed by atoms with Crippen LogP contribution in [0.4, 0.5) is 39.5 Å². The maximum Gasteiger partial charge on any atom is 0.460 e. The number of rotatable bonds is 6. The Hall–Kier alpha value is -1.92. The van der Waals surface area contributed by atoms with Gasteiger partial charge in [0.2, 0.25) is 0 Å². The predicted molar refractivity (Wildman–Crippen MR) is 82.0 cm³/mol. The Morgan fingerprint density at radius 3 is 1.86 bits per heavy atom. The fraction of sp³-hybridized carbons (Fsp3) is 0.500. The van der Waals surface area contributed by atoms with Crippen LogP contribution >= 0.6 is 0 Å². The summed E-state index contributed by atoms with van der Waals surface area (Å²) < 4.78 is 143. The number of allylic oxidation sites excluding steroid dienone is 2. The van der Waals surface area contributed by atoms with Gasteiger partial charge in [0, 0.05) is 6.42 Å². The Labute approximate surface area is 159 Å². The number of benzene rings is 1. The van der Waals surface area contributed by atoms with Crippen molar-refractivity contribution in [3.8, 4) is 0 Å². The number of hydrogen-bond acceptors (Lipinski definition) is 3. The molecule has 0 spiro atoms. The first kappa shape index (κ1) is 23.4. The van der Waals surface area contributed by atoms with Crippen molar-refractivity contribution in [3.63, 3.8) is 0 Å². The standard InChI is InChI=1S/C16H13F9O3S/c17-13(18,15(21,22)23)14(19,20)16(24,25)29(26,27)28-12-8-6-11(7-9-12)10-4-2-1-3-5-10/h1-5,8,11H,6-7,9H2. The maximum absolute atomic E-state index is 13.6. The van der Waals surface area contributed by atoms with E-state index in [0.717, 1.165) is 11.6 Å². The van der Waals surface area contributed by atoms with Crippen molar-refractivity contribution in [2.24, 2.45) is 0 Å². The van der Waals surface area contributed by atoms with Gasteiger partial charge in [0.25, 0.3) is 0 Å². The molecule has 29 heavy (non-hydrogen) atoms. The van der Waals surface area contributed by atoms with E-state index in [1.807, 2.05) is 0 Å². The Bertz CT molecular complexity index is 861. The summed E-state index contributed by atoms with van der Waals surface area (Å²) in [6, 6.07) is 8.60. The molecule has 1 aromatic rings. The highest BCUT2D eigenvalue weighted by Crippen LogP contribution is 2.55. The average Bonchev–Trinajstić information content (AvgIpc) is 2.61. The molecular weight excluding hydrogens is 443 g/mol. The molecule has 13 heteroatoms. The van der Waals surface area contributed by atoms with E-state index in [0.29, 0.717) is 0 Å². The lowest BCUT2D eigenvalue weighted by Crippen LogP contribution is -2.63. The zero-order valence-electron chi connectivity index (χ0n) is 14.2. The Morgan fingerprint density at radius 1 is 0.862 bits per heavy atom. The van der Waals surface area contributed by atoms with Gasteiger partial charge in [0.05, 0.1) is 0 Å². The quantitative estimate of drug-likeness (QED) is 0.413. The maximum atomic E-state index is 13.6. The summed E-state index contributed by atoms with van der Waals surface area (Å²) in [6.45, 7) is 0. The third-order valence-electron chi connectivity index (χ3n) is 4.29. The van der Waals surface area contributed by atoms with Gasteiger partial charge in [-0.25, -0.2) is 0 Å². The van der Waals surface area contributed by atoms with Crippen LogP contribution in [0.25, 0.3) is 0 Å². The second-order valence-electron chi connectivity index (χ2n) is 6.25. The Balaban J connectivity index is 2.23. The minimum absolute atomic E-state index is 0.0511. The highest BCUT2D eigenvalue weighted by Gasteiger charge is 2.86. The van der Waals surface area contributed by atoms with Gasteiger partial charge in [0.15, 0.2) is 0 Å². The van der Waals surface area contributed by atoms with E-state index in [2.05, 4.69) is 4.18 Å². The van der Waals surface area contributed by atoms with Crippen molar-refractivity contribution in [1.29, 1.82) is 0 Å². The zero-order valence-corrected chi connectivity index (χ0v) is 15.0. The van der Waals surface area contributed by atoms with Crippen LogP contribution < -0.4 is 0 Å². The summed E-state index contributed by atoms with van der Waals surface area (Å²) in [6.07, 6.45) is -6.28. The molecule has 1 aromatic carbocycles. The number of alkyl halides is 9. The minimum Gasteiger partial charge on any atom is -0.383 e. The molecule has 1 aliphatic rings. The summed E-state index contributed by atoms with van der Waals surface area (Å²) in [5.41, 5.74) is 0.812. The topological polar surface area (TPSA) is 43.4 Å². The molecule has 2 rings (SSSR count). The second kappa shape index (κ2) is 7.40. The molecule has 0 radical (unpaired) electrons. The summed E-state index contributed by atoms with van der Waals surface area (Å²) in [5, 5.41) is -6.85. The van der Waals surface area contributed by atoms with Crippen molar-refractivity contribution < 1.29 is 52.1 Å². The van der Waals surface area contributed by atoms with Crippen LogP contribution in [0.1, 0.15) is 30.7 Å². The number of hydrogen-bond donors (Lipinski definition) is 0. The Kier molecular flexibility index (Phi) is 5.96. The van der Waals surface area contributed by atoms with E-state index in [-0.39, 0.29) is 25.2 Å². The lowest BCUT2D eigenvalue weighted by molar-refractivity contribution is -0.382. The Morgan fingerprint density at radius 2 is 1.41 bits per heavy atom. The van der Waals surface area contributed by atoms with Gasteiger partial charge >= 0.3 is 33.4 Å². The van der Waals surface area contributed by atoms with E-state index < -0.39 is 39.2 Å². The molecule has 1 unspecified atom stereocenters. The van der Waals surface area contributed by atoms with Crippen LogP contribution in [-0.2, 0) is 14.3 Å². The van der Waals surface area contributed by atoms with Crippen LogP contribution in [0.3, 0.4) is 0 Å². The fourth-order valence-electron chi connectivity index (χ4n) is 2.62. The first-order chi connectivity index (χ1) is 13.0. The molecule has 1 aliphatic carbocycles. The summed E-state index contributed by atoms with van der Waals surface area (Å²) >= 11 is 0. The lowest BCUT2D eigenvalue weighted by Gasteiger charge is -2.33. The van der Waals surface area contributed by atoms with Gasteiger partial charge in [-0.1, -0.05) is 30.3 Å². The van der Waals surface area contributed by atoms with Crippen molar-refractivity contribution >= 4 is 10.1 Å². The highest BCUT2D eigenvalue weighted by molar-refractivity contribution is 7.88. The molecule has 3 nitrogen and oxygen atoms in total. The summed E-state index contributed by atoms with van der Waals surface area (Å²) in [7, 11) is -6.87. The molecule has 1 atom stereocenters. The van der Waals surface area contributed by atoms with Gasteiger partial charge < -0.3 is 4.18 Å². The van der Waals surface area contributed by atoms with Crippen LogP contribution in [0.5, 0.6) is 0 Å². The fourth-order valence-corrected chi connectivity index (χ4v) is 3.60. The third-order valence-corrected chi connectivity index (χ3v) is 5.60. The molecule has 0 saturated heterocycles. The summed E-state index contributed by atoms with van der Waals surface area (Å²) in [4.78, 5) is 0. The molecule has 164 valence electrons. The molecule has 0 aromatic heterocycles. The second-order valence-corrected chi connectivity index (χ2v) is 7.84. The van der Waals surface area contributed by atoms with E-state index in [1.54, 1.807) is 30.3 Å². The van der Waals surface area contributed by atoms with Crippen molar-refractivity contribution in [3.05, 3.63) is 47.7 Å².